The largest absolute Gasteiger partial charge is 0.319 e. The van der Waals surface area contributed by atoms with Gasteiger partial charge in [0.15, 0.2) is 0 Å². The van der Waals surface area contributed by atoms with Crippen LogP contribution in [-0.2, 0) is 0 Å². The Morgan fingerprint density at radius 2 is 2.20 bits per heavy atom. The summed E-state index contributed by atoms with van der Waals surface area (Å²) in [7, 11) is 4.04. The summed E-state index contributed by atoms with van der Waals surface area (Å²) < 4.78 is 0. The minimum atomic E-state index is 0.381. The van der Waals surface area contributed by atoms with Crippen LogP contribution in [0.2, 0.25) is 0 Å². The summed E-state index contributed by atoms with van der Waals surface area (Å²) in [5.41, 5.74) is 1.55. The van der Waals surface area contributed by atoms with Gasteiger partial charge in [0.1, 0.15) is 0 Å². The SMILES string of the molecule is CNCC1(C(NC)c2ccccn2)CC1. The standard InChI is InChI=1S/C12H19N3/c1-13-9-12(6-7-12)11(14-2)10-5-3-4-8-15-10/h3-5,8,11,13-14H,6-7,9H2,1-2H3. The third kappa shape index (κ3) is 2.03. The molecule has 0 saturated heterocycles. The molecule has 3 nitrogen and oxygen atoms in total. The number of nitrogens with one attached hydrogen (secondary N) is 2. The van der Waals surface area contributed by atoms with E-state index in [2.05, 4.69) is 27.8 Å². The molecule has 1 saturated carbocycles. The molecule has 0 aromatic carbocycles. The predicted octanol–water partition coefficient (Wildman–Crippen LogP) is 1.34. The van der Waals surface area contributed by atoms with Gasteiger partial charge in [-0.05, 0) is 39.1 Å². The first-order valence-corrected chi connectivity index (χ1v) is 5.55. The minimum absolute atomic E-state index is 0.381. The van der Waals surface area contributed by atoms with Crippen LogP contribution in [0.25, 0.3) is 0 Å². The van der Waals surface area contributed by atoms with Crippen LogP contribution < -0.4 is 10.6 Å². The highest BCUT2D eigenvalue weighted by atomic mass is 15.0. The summed E-state index contributed by atoms with van der Waals surface area (Å²) in [5.74, 6) is 0. The molecular weight excluding hydrogens is 186 g/mol. The summed E-state index contributed by atoms with van der Waals surface area (Å²) in [6.45, 7) is 1.06. The van der Waals surface area contributed by atoms with E-state index in [-0.39, 0.29) is 0 Å². The molecule has 15 heavy (non-hydrogen) atoms. The Bertz CT molecular complexity index is 306. The van der Waals surface area contributed by atoms with E-state index < -0.39 is 0 Å². The topological polar surface area (TPSA) is 37.0 Å². The van der Waals surface area contributed by atoms with Crippen molar-refractivity contribution in [1.29, 1.82) is 0 Å². The molecule has 82 valence electrons. The highest BCUT2D eigenvalue weighted by Gasteiger charge is 2.49. The molecule has 1 atom stereocenters. The van der Waals surface area contributed by atoms with E-state index in [0.29, 0.717) is 11.5 Å². The zero-order chi connectivity index (χ0) is 10.7. The van der Waals surface area contributed by atoms with E-state index in [4.69, 9.17) is 0 Å². The molecule has 1 aliphatic rings. The molecule has 0 aliphatic heterocycles. The van der Waals surface area contributed by atoms with Gasteiger partial charge >= 0.3 is 0 Å². The smallest absolute Gasteiger partial charge is 0.0579 e. The van der Waals surface area contributed by atoms with Gasteiger partial charge in [-0.15, -0.1) is 0 Å². The van der Waals surface area contributed by atoms with Crippen LogP contribution in [0.5, 0.6) is 0 Å². The third-order valence-corrected chi connectivity index (χ3v) is 3.31. The lowest BCUT2D eigenvalue weighted by atomic mass is 9.93. The Balaban J connectivity index is 2.18. The predicted molar refractivity (Wildman–Crippen MR) is 61.6 cm³/mol. The van der Waals surface area contributed by atoms with Gasteiger partial charge < -0.3 is 10.6 Å². The number of hydrogen-bond acceptors (Lipinski definition) is 3. The van der Waals surface area contributed by atoms with E-state index in [1.54, 1.807) is 0 Å². The van der Waals surface area contributed by atoms with Crippen molar-refractivity contribution in [2.24, 2.45) is 5.41 Å². The molecule has 0 spiro atoms. The zero-order valence-electron chi connectivity index (χ0n) is 9.46. The lowest BCUT2D eigenvalue weighted by molar-refractivity contribution is 0.340. The van der Waals surface area contributed by atoms with Crippen LogP contribution in [0.1, 0.15) is 24.6 Å². The van der Waals surface area contributed by atoms with Crippen molar-refractivity contribution in [3.8, 4) is 0 Å². The molecular formula is C12H19N3. The number of hydrogen-bond donors (Lipinski definition) is 2. The fraction of sp³-hybridized carbons (Fsp3) is 0.583. The fourth-order valence-electron chi connectivity index (χ4n) is 2.39. The van der Waals surface area contributed by atoms with Gasteiger partial charge in [0.05, 0.1) is 11.7 Å². The van der Waals surface area contributed by atoms with Gasteiger partial charge in [-0.2, -0.15) is 0 Å². The quantitative estimate of drug-likeness (QED) is 0.761. The molecule has 0 radical (unpaired) electrons. The van der Waals surface area contributed by atoms with Gasteiger partial charge in [0.2, 0.25) is 0 Å². The van der Waals surface area contributed by atoms with Crippen molar-refractivity contribution in [2.75, 3.05) is 20.6 Å². The molecule has 0 bridgehead atoms. The van der Waals surface area contributed by atoms with E-state index in [1.807, 2.05) is 26.4 Å². The highest BCUT2D eigenvalue weighted by molar-refractivity contribution is 5.17. The lowest BCUT2D eigenvalue weighted by Gasteiger charge is -2.26. The molecule has 0 amide bonds. The summed E-state index contributed by atoms with van der Waals surface area (Å²) >= 11 is 0. The maximum Gasteiger partial charge on any atom is 0.0579 e. The van der Waals surface area contributed by atoms with Gasteiger partial charge in [0, 0.05) is 18.2 Å². The van der Waals surface area contributed by atoms with E-state index in [0.717, 1.165) is 12.2 Å². The Morgan fingerprint density at radius 3 is 2.67 bits per heavy atom. The van der Waals surface area contributed by atoms with Crippen molar-refractivity contribution in [2.45, 2.75) is 18.9 Å². The first-order valence-electron chi connectivity index (χ1n) is 5.55. The van der Waals surface area contributed by atoms with Crippen LogP contribution in [-0.4, -0.2) is 25.6 Å². The molecule has 1 aromatic rings. The summed E-state index contributed by atoms with van der Waals surface area (Å²) in [6, 6.07) is 6.51. The third-order valence-electron chi connectivity index (χ3n) is 3.31. The molecule has 1 aliphatic carbocycles. The lowest BCUT2D eigenvalue weighted by Crippen LogP contribution is -2.34. The highest BCUT2D eigenvalue weighted by Crippen LogP contribution is 2.53. The van der Waals surface area contributed by atoms with Crippen LogP contribution in [0, 0.1) is 5.41 Å². The van der Waals surface area contributed by atoms with Crippen LogP contribution in [0.3, 0.4) is 0 Å². The van der Waals surface area contributed by atoms with Crippen molar-refractivity contribution < 1.29 is 0 Å². The minimum Gasteiger partial charge on any atom is -0.319 e. The van der Waals surface area contributed by atoms with Crippen molar-refractivity contribution in [3.63, 3.8) is 0 Å². The van der Waals surface area contributed by atoms with Crippen LogP contribution >= 0.6 is 0 Å². The molecule has 3 heteroatoms. The Labute approximate surface area is 91.3 Å². The van der Waals surface area contributed by atoms with Gasteiger partial charge in [-0.25, -0.2) is 0 Å². The molecule has 1 unspecified atom stereocenters. The van der Waals surface area contributed by atoms with Crippen molar-refractivity contribution in [1.82, 2.24) is 15.6 Å². The summed E-state index contributed by atoms with van der Waals surface area (Å²) in [4.78, 5) is 4.45. The van der Waals surface area contributed by atoms with E-state index in [1.165, 1.54) is 12.8 Å². The second-order valence-corrected chi connectivity index (χ2v) is 4.37. The van der Waals surface area contributed by atoms with Gasteiger partial charge in [-0.3, -0.25) is 4.98 Å². The van der Waals surface area contributed by atoms with Crippen molar-refractivity contribution in [3.05, 3.63) is 30.1 Å². The molecule has 1 heterocycles. The number of nitrogens with zero attached hydrogens (tertiary/aromatic N) is 1. The van der Waals surface area contributed by atoms with Crippen LogP contribution in [0.4, 0.5) is 0 Å². The summed E-state index contributed by atoms with van der Waals surface area (Å²) in [5, 5.41) is 6.69. The fourth-order valence-corrected chi connectivity index (χ4v) is 2.39. The monoisotopic (exact) mass is 205 g/mol. The Kier molecular flexibility index (Phi) is 3.03. The maximum absolute atomic E-state index is 4.45. The average Bonchev–Trinajstić information content (AvgIpc) is 3.02. The number of pyridine rings is 1. The molecule has 2 rings (SSSR count). The first kappa shape index (κ1) is 10.6. The second kappa shape index (κ2) is 4.29. The number of rotatable bonds is 5. The maximum atomic E-state index is 4.45. The Hall–Kier alpha value is -0.930. The molecule has 1 aromatic heterocycles. The molecule has 2 N–H and O–H groups in total. The van der Waals surface area contributed by atoms with Gasteiger partial charge in [-0.1, -0.05) is 6.07 Å². The second-order valence-electron chi connectivity index (χ2n) is 4.37. The van der Waals surface area contributed by atoms with Crippen molar-refractivity contribution >= 4 is 0 Å². The normalized spacial score (nSPS) is 19.9. The average molecular weight is 205 g/mol. The van der Waals surface area contributed by atoms with Gasteiger partial charge in [0.25, 0.3) is 0 Å². The van der Waals surface area contributed by atoms with E-state index >= 15 is 0 Å². The number of aromatic nitrogens is 1. The first-order chi connectivity index (χ1) is 7.32. The molecule has 1 fully saturated rings. The Morgan fingerprint density at radius 1 is 1.40 bits per heavy atom. The zero-order valence-corrected chi connectivity index (χ0v) is 9.46. The van der Waals surface area contributed by atoms with E-state index in [9.17, 15) is 0 Å². The summed E-state index contributed by atoms with van der Waals surface area (Å²) in [6.07, 6.45) is 4.45. The van der Waals surface area contributed by atoms with Crippen LogP contribution in [0.15, 0.2) is 24.4 Å².